The van der Waals surface area contributed by atoms with Crippen molar-refractivity contribution in [1.82, 2.24) is 0 Å². The fraction of sp³-hybridized carbons (Fsp3) is 0.533. The van der Waals surface area contributed by atoms with Crippen LogP contribution in [0.25, 0.3) is 0 Å². The second-order valence-electron chi connectivity index (χ2n) is 4.22. The number of rotatable bonds is 8. The highest BCUT2D eigenvalue weighted by molar-refractivity contribution is 8.00. The second-order valence-corrected chi connectivity index (χ2v) is 6.55. The van der Waals surface area contributed by atoms with Gasteiger partial charge in [0, 0.05) is 9.79 Å². The first-order valence-corrected chi connectivity index (χ1v) is 8.46. The van der Waals surface area contributed by atoms with Gasteiger partial charge in [-0.3, -0.25) is 0 Å². The lowest BCUT2D eigenvalue weighted by Gasteiger charge is -2.07. The van der Waals surface area contributed by atoms with E-state index in [4.69, 9.17) is 0 Å². The Morgan fingerprint density at radius 3 is 1.76 bits per heavy atom. The van der Waals surface area contributed by atoms with Gasteiger partial charge in [0.2, 0.25) is 0 Å². The zero-order valence-corrected chi connectivity index (χ0v) is 12.6. The Balaban J connectivity index is 2.53. The number of thioether (sulfide) groups is 2. The van der Waals surface area contributed by atoms with Crippen molar-refractivity contribution in [2.24, 2.45) is 0 Å². The molecule has 0 saturated carbocycles. The van der Waals surface area contributed by atoms with Gasteiger partial charge < -0.3 is 0 Å². The van der Waals surface area contributed by atoms with Gasteiger partial charge in [0.15, 0.2) is 0 Å². The van der Waals surface area contributed by atoms with Crippen molar-refractivity contribution in [3.63, 3.8) is 0 Å². The van der Waals surface area contributed by atoms with E-state index in [0.29, 0.717) is 0 Å². The van der Waals surface area contributed by atoms with Crippen LogP contribution in [0, 0.1) is 6.92 Å². The van der Waals surface area contributed by atoms with Crippen LogP contribution in [-0.4, -0.2) is 11.5 Å². The van der Waals surface area contributed by atoms with E-state index >= 15 is 0 Å². The molecule has 0 aliphatic heterocycles. The third kappa shape index (κ3) is 6.42. The first-order chi connectivity index (χ1) is 8.26. The SMILES string of the molecule is [CH2]c1cc(SCCCC)cc(SCCCC)c1. The summed E-state index contributed by atoms with van der Waals surface area (Å²) in [5, 5.41) is 0. The summed E-state index contributed by atoms with van der Waals surface area (Å²) in [7, 11) is 0. The van der Waals surface area contributed by atoms with Crippen LogP contribution in [-0.2, 0) is 0 Å². The lowest BCUT2D eigenvalue weighted by atomic mass is 10.2. The summed E-state index contributed by atoms with van der Waals surface area (Å²) in [5.41, 5.74) is 1.14. The smallest absolute Gasteiger partial charge is 0.00858 e. The normalized spacial score (nSPS) is 10.8. The fourth-order valence-corrected chi connectivity index (χ4v) is 3.77. The van der Waals surface area contributed by atoms with Crippen LogP contribution in [0.1, 0.15) is 45.1 Å². The highest BCUT2D eigenvalue weighted by atomic mass is 32.2. The first-order valence-electron chi connectivity index (χ1n) is 6.49. The van der Waals surface area contributed by atoms with Gasteiger partial charge in [0.05, 0.1) is 0 Å². The molecule has 1 rings (SSSR count). The van der Waals surface area contributed by atoms with Gasteiger partial charge in [0.1, 0.15) is 0 Å². The maximum absolute atomic E-state index is 4.07. The zero-order chi connectivity index (χ0) is 12.5. The predicted molar refractivity (Wildman–Crippen MR) is 82.2 cm³/mol. The minimum Gasteiger partial charge on any atom is -0.126 e. The van der Waals surface area contributed by atoms with E-state index in [1.165, 1.54) is 47.0 Å². The van der Waals surface area contributed by atoms with Crippen molar-refractivity contribution in [2.45, 2.75) is 49.3 Å². The van der Waals surface area contributed by atoms with E-state index in [1.54, 1.807) is 0 Å². The zero-order valence-electron chi connectivity index (χ0n) is 11.0. The molecule has 17 heavy (non-hydrogen) atoms. The van der Waals surface area contributed by atoms with Crippen molar-refractivity contribution < 1.29 is 0 Å². The van der Waals surface area contributed by atoms with Crippen LogP contribution >= 0.6 is 23.5 Å². The Morgan fingerprint density at radius 1 is 0.882 bits per heavy atom. The van der Waals surface area contributed by atoms with E-state index in [-0.39, 0.29) is 0 Å². The van der Waals surface area contributed by atoms with E-state index in [9.17, 15) is 0 Å². The molecule has 95 valence electrons. The highest BCUT2D eigenvalue weighted by Crippen LogP contribution is 2.28. The topological polar surface area (TPSA) is 0 Å². The van der Waals surface area contributed by atoms with Gasteiger partial charge in [-0.25, -0.2) is 0 Å². The lowest BCUT2D eigenvalue weighted by molar-refractivity contribution is 0.895. The third-order valence-corrected chi connectivity index (χ3v) is 4.60. The highest BCUT2D eigenvalue weighted by Gasteiger charge is 2.00. The molecule has 1 aromatic rings. The molecule has 0 aliphatic carbocycles. The monoisotopic (exact) mass is 267 g/mol. The van der Waals surface area contributed by atoms with Crippen LogP contribution in [0.2, 0.25) is 0 Å². The van der Waals surface area contributed by atoms with Gasteiger partial charge in [-0.2, -0.15) is 0 Å². The number of hydrogen-bond donors (Lipinski definition) is 0. The summed E-state index contributed by atoms with van der Waals surface area (Å²) in [4.78, 5) is 2.76. The minimum atomic E-state index is 1.14. The van der Waals surface area contributed by atoms with Crippen LogP contribution in [0.4, 0.5) is 0 Å². The Kier molecular flexibility index (Phi) is 7.87. The van der Waals surface area contributed by atoms with E-state index in [2.05, 4.69) is 39.0 Å². The molecule has 0 unspecified atom stereocenters. The van der Waals surface area contributed by atoms with E-state index < -0.39 is 0 Å². The van der Waals surface area contributed by atoms with Crippen molar-refractivity contribution in [3.05, 3.63) is 30.7 Å². The summed E-state index contributed by atoms with van der Waals surface area (Å²) >= 11 is 3.92. The van der Waals surface area contributed by atoms with Gasteiger partial charge in [-0.05, 0) is 55.0 Å². The molecule has 2 heteroatoms. The van der Waals surface area contributed by atoms with Crippen molar-refractivity contribution in [2.75, 3.05) is 11.5 Å². The van der Waals surface area contributed by atoms with E-state index in [0.717, 1.165) is 5.56 Å². The van der Waals surface area contributed by atoms with Gasteiger partial charge >= 0.3 is 0 Å². The maximum Gasteiger partial charge on any atom is 0.00858 e. The predicted octanol–water partition coefficient (Wildman–Crippen LogP) is 5.65. The molecular formula is C15H23S2. The average molecular weight is 267 g/mol. The standard InChI is InChI=1S/C15H23S2/c1-4-6-8-16-14-10-13(3)11-15(12-14)17-9-7-5-2/h10-12H,3-9H2,1-2H3. The van der Waals surface area contributed by atoms with Crippen molar-refractivity contribution in [3.8, 4) is 0 Å². The molecule has 0 N–H and O–H groups in total. The maximum atomic E-state index is 4.07. The largest absolute Gasteiger partial charge is 0.126 e. The fourth-order valence-electron chi connectivity index (χ4n) is 1.47. The van der Waals surface area contributed by atoms with Gasteiger partial charge in [-0.15, -0.1) is 23.5 Å². The Morgan fingerprint density at radius 2 is 1.35 bits per heavy atom. The lowest BCUT2D eigenvalue weighted by Crippen LogP contribution is -1.84. The molecule has 0 nitrogen and oxygen atoms in total. The molecular weight excluding hydrogens is 244 g/mol. The van der Waals surface area contributed by atoms with Gasteiger partial charge in [0.25, 0.3) is 0 Å². The van der Waals surface area contributed by atoms with E-state index in [1.807, 2.05) is 23.5 Å². The quantitative estimate of drug-likeness (QED) is 0.441. The Hall–Kier alpha value is -0.0800. The third-order valence-electron chi connectivity index (χ3n) is 2.47. The molecule has 0 heterocycles. The number of benzene rings is 1. The Bertz CT molecular complexity index is 292. The summed E-state index contributed by atoms with van der Waals surface area (Å²) in [6, 6.07) is 6.71. The molecule has 1 radical (unpaired) electrons. The number of unbranched alkanes of at least 4 members (excludes halogenated alkanes) is 2. The Labute approximate surface area is 115 Å². The molecule has 0 bridgehead atoms. The van der Waals surface area contributed by atoms with Crippen molar-refractivity contribution >= 4 is 23.5 Å². The minimum absolute atomic E-state index is 1.14. The van der Waals surface area contributed by atoms with Crippen LogP contribution in [0.3, 0.4) is 0 Å². The van der Waals surface area contributed by atoms with Gasteiger partial charge in [-0.1, -0.05) is 26.7 Å². The summed E-state index contributed by atoms with van der Waals surface area (Å²) in [5.74, 6) is 2.44. The molecule has 1 aromatic carbocycles. The average Bonchev–Trinajstić information content (AvgIpc) is 2.29. The van der Waals surface area contributed by atoms with Crippen LogP contribution in [0.15, 0.2) is 28.0 Å². The molecule has 0 fully saturated rings. The summed E-state index contributed by atoms with van der Waals surface area (Å²) in [6.07, 6.45) is 5.14. The van der Waals surface area contributed by atoms with Crippen LogP contribution < -0.4 is 0 Å². The molecule has 0 amide bonds. The first kappa shape index (κ1) is 15.0. The number of hydrogen-bond acceptors (Lipinski definition) is 2. The van der Waals surface area contributed by atoms with Crippen LogP contribution in [0.5, 0.6) is 0 Å². The molecule has 0 saturated heterocycles. The summed E-state index contributed by atoms with van der Waals surface area (Å²) < 4.78 is 0. The molecule has 0 spiro atoms. The van der Waals surface area contributed by atoms with Crippen molar-refractivity contribution in [1.29, 1.82) is 0 Å². The molecule has 0 atom stereocenters. The second kappa shape index (κ2) is 8.93. The molecule has 0 aliphatic rings. The summed E-state index contributed by atoms with van der Waals surface area (Å²) in [6.45, 7) is 8.55. The molecule has 0 aromatic heterocycles.